The van der Waals surface area contributed by atoms with E-state index < -0.39 is 0 Å². The Morgan fingerprint density at radius 3 is 2.37 bits per heavy atom. The molecule has 0 radical (unpaired) electrons. The standard InChI is InChI=1S/C25H33N3O2/c1-5-8-16-23-26-21-14-9-10-15-22(21)27(23)17-24(29)28(18-30-4)25-19(6-2)12-11-13-20(25)7-3/h9-15H,5-8,16-18H2,1-4H3. The van der Waals surface area contributed by atoms with Gasteiger partial charge in [0.2, 0.25) is 5.91 Å². The molecule has 160 valence electrons. The fraction of sp³-hybridized carbons (Fsp3) is 0.440. The number of unbranched alkanes of at least 4 members (excludes halogenated alkanes) is 1. The molecule has 0 aliphatic carbocycles. The minimum absolute atomic E-state index is 0.0216. The van der Waals surface area contributed by atoms with Crippen molar-refractivity contribution in [2.75, 3.05) is 18.7 Å². The Bertz CT molecular complexity index is 971. The molecule has 0 saturated heterocycles. The molecule has 0 atom stereocenters. The van der Waals surface area contributed by atoms with Crippen LogP contribution in [0.5, 0.6) is 0 Å². The normalized spacial score (nSPS) is 11.2. The number of anilines is 1. The summed E-state index contributed by atoms with van der Waals surface area (Å²) >= 11 is 0. The van der Waals surface area contributed by atoms with E-state index >= 15 is 0 Å². The van der Waals surface area contributed by atoms with Crippen molar-refractivity contribution in [2.45, 2.75) is 59.4 Å². The predicted molar refractivity (Wildman–Crippen MR) is 123 cm³/mol. The van der Waals surface area contributed by atoms with Crippen LogP contribution >= 0.6 is 0 Å². The van der Waals surface area contributed by atoms with Crippen molar-refractivity contribution >= 4 is 22.6 Å². The van der Waals surface area contributed by atoms with Crippen molar-refractivity contribution in [1.29, 1.82) is 0 Å². The summed E-state index contributed by atoms with van der Waals surface area (Å²) in [5.41, 5.74) is 5.28. The summed E-state index contributed by atoms with van der Waals surface area (Å²) in [4.78, 5) is 20.2. The van der Waals surface area contributed by atoms with Gasteiger partial charge in [0.15, 0.2) is 0 Å². The second-order valence-electron chi connectivity index (χ2n) is 7.58. The molecule has 5 heteroatoms. The lowest BCUT2D eigenvalue weighted by atomic mass is 10.0. The maximum Gasteiger partial charge on any atom is 0.248 e. The van der Waals surface area contributed by atoms with Gasteiger partial charge in [-0.25, -0.2) is 4.98 Å². The van der Waals surface area contributed by atoms with E-state index in [0.717, 1.165) is 54.6 Å². The third-order valence-electron chi connectivity index (χ3n) is 5.58. The number of hydrogen-bond acceptors (Lipinski definition) is 3. The van der Waals surface area contributed by atoms with Crippen molar-refractivity contribution in [3.63, 3.8) is 0 Å². The number of carbonyl (C=O) groups excluding carboxylic acids is 1. The predicted octanol–water partition coefficient (Wildman–Crippen LogP) is 5.14. The Balaban J connectivity index is 2.01. The summed E-state index contributed by atoms with van der Waals surface area (Å²) in [6.07, 6.45) is 4.75. The Labute approximate surface area is 179 Å². The van der Waals surface area contributed by atoms with Gasteiger partial charge in [0.1, 0.15) is 19.1 Å². The summed E-state index contributed by atoms with van der Waals surface area (Å²) in [6.45, 7) is 6.91. The lowest BCUT2D eigenvalue weighted by molar-refractivity contribution is -0.120. The van der Waals surface area contributed by atoms with Gasteiger partial charge in [0, 0.05) is 13.5 Å². The van der Waals surface area contributed by atoms with Crippen molar-refractivity contribution < 1.29 is 9.53 Å². The second-order valence-corrected chi connectivity index (χ2v) is 7.58. The molecular formula is C25H33N3O2. The molecule has 0 N–H and O–H groups in total. The third kappa shape index (κ3) is 4.57. The monoisotopic (exact) mass is 407 g/mol. The fourth-order valence-electron chi connectivity index (χ4n) is 4.00. The molecule has 1 aromatic heterocycles. The number of hydrogen-bond donors (Lipinski definition) is 0. The van der Waals surface area contributed by atoms with Crippen LogP contribution in [0.2, 0.25) is 0 Å². The van der Waals surface area contributed by atoms with Crippen LogP contribution in [0, 0.1) is 0 Å². The van der Waals surface area contributed by atoms with Gasteiger partial charge in [-0.1, -0.05) is 57.5 Å². The quantitative estimate of drug-likeness (QED) is 0.437. The number of para-hydroxylation sites is 3. The number of fused-ring (bicyclic) bond motifs is 1. The average Bonchev–Trinajstić information content (AvgIpc) is 3.12. The summed E-state index contributed by atoms with van der Waals surface area (Å²) in [6, 6.07) is 14.3. The number of carbonyl (C=O) groups is 1. The molecule has 30 heavy (non-hydrogen) atoms. The van der Waals surface area contributed by atoms with E-state index in [1.54, 1.807) is 12.0 Å². The van der Waals surface area contributed by atoms with E-state index in [1.807, 2.05) is 24.3 Å². The molecule has 5 nitrogen and oxygen atoms in total. The molecule has 0 fully saturated rings. The first-order valence-electron chi connectivity index (χ1n) is 11.0. The topological polar surface area (TPSA) is 47.4 Å². The largest absolute Gasteiger partial charge is 0.364 e. The van der Waals surface area contributed by atoms with Crippen LogP contribution < -0.4 is 4.90 Å². The highest BCUT2D eigenvalue weighted by molar-refractivity contribution is 5.95. The van der Waals surface area contributed by atoms with Crippen LogP contribution in [0.15, 0.2) is 42.5 Å². The van der Waals surface area contributed by atoms with Gasteiger partial charge in [-0.2, -0.15) is 0 Å². The number of rotatable bonds is 10. The number of ether oxygens (including phenoxy) is 1. The zero-order valence-corrected chi connectivity index (χ0v) is 18.6. The van der Waals surface area contributed by atoms with Crippen molar-refractivity contribution in [3.8, 4) is 0 Å². The maximum atomic E-state index is 13.6. The van der Waals surface area contributed by atoms with Crippen molar-refractivity contribution in [2.24, 2.45) is 0 Å². The SMILES string of the molecule is CCCCc1nc2ccccc2n1CC(=O)N(COC)c1c(CC)cccc1CC. The van der Waals surface area contributed by atoms with Crippen molar-refractivity contribution in [3.05, 3.63) is 59.4 Å². The highest BCUT2D eigenvalue weighted by Crippen LogP contribution is 2.28. The summed E-state index contributed by atoms with van der Waals surface area (Å²) in [5, 5.41) is 0. The van der Waals surface area contributed by atoms with E-state index in [2.05, 4.69) is 43.5 Å². The van der Waals surface area contributed by atoms with E-state index in [9.17, 15) is 4.79 Å². The number of benzene rings is 2. The first-order chi connectivity index (χ1) is 14.6. The first kappa shape index (κ1) is 22.0. The van der Waals surface area contributed by atoms with Crippen LogP contribution in [0.1, 0.15) is 50.6 Å². The molecule has 2 aromatic carbocycles. The smallest absolute Gasteiger partial charge is 0.248 e. The molecule has 3 aromatic rings. The number of aryl methyl sites for hydroxylation is 3. The van der Waals surface area contributed by atoms with Gasteiger partial charge in [-0.15, -0.1) is 0 Å². The highest BCUT2D eigenvalue weighted by Gasteiger charge is 2.23. The number of nitrogens with zero attached hydrogens (tertiary/aromatic N) is 3. The number of aromatic nitrogens is 2. The Morgan fingerprint density at radius 1 is 1.03 bits per heavy atom. The number of amides is 1. The molecular weight excluding hydrogens is 374 g/mol. The molecule has 0 unspecified atom stereocenters. The first-order valence-corrected chi connectivity index (χ1v) is 11.0. The third-order valence-corrected chi connectivity index (χ3v) is 5.58. The molecule has 1 amide bonds. The lowest BCUT2D eigenvalue weighted by Gasteiger charge is -2.27. The molecule has 3 rings (SSSR count). The second kappa shape index (κ2) is 10.4. The molecule has 0 aliphatic rings. The summed E-state index contributed by atoms with van der Waals surface area (Å²) < 4.78 is 7.54. The zero-order valence-electron chi connectivity index (χ0n) is 18.6. The van der Waals surface area contributed by atoms with E-state index in [4.69, 9.17) is 9.72 Å². The van der Waals surface area contributed by atoms with Crippen LogP contribution in [0.25, 0.3) is 11.0 Å². The van der Waals surface area contributed by atoms with Crippen LogP contribution in [-0.4, -0.2) is 29.3 Å². The van der Waals surface area contributed by atoms with Gasteiger partial charge >= 0.3 is 0 Å². The molecule has 0 aliphatic heterocycles. The lowest BCUT2D eigenvalue weighted by Crippen LogP contribution is -2.37. The van der Waals surface area contributed by atoms with Gasteiger partial charge in [-0.3, -0.25) is 9.69 Å². The van der Waals surface area contributed by atoms with Gasteiger partial charge < -0.3 is 9.30 Å². The minimum Gasteiger partial charge on any atom is -0.364 e. The summed E-state index contributed by atoms with van der Waals surface area (Å²) in [5.74, 6) is 0.997. The van der Waals surface area contributed by atoms with Crippen LogP contribution in [0.4, 0.5) is 5.69 Å². The average molecular weight is 408 g/mol. The Hall–Kier alpha value is -2.66. The molecule has 0 bridgehead atoms. The highest BCUT2D eigenvalue weighted by atomic mass is 16.5. The Morgan fingerprint density at radius 2 is 1.73 bits per heavy atom. The van der Waals surface area contributed by atoms with E-state index in [1.165, 1.54) is 11.1 Å². The fourth-order valence-corrected chi connectivity index (χ4v) is 4.00. The zero-order chi connectivity index (χ0) is 21.5. The number of methoxy groups -OCH3 is 1. The van der Waals surface area contributed by atoms with Gasteiger partial charge in [0.05, 0.1) is 16.7 Å². The van der Waals surface area contributed by atoms with Gasteiger partial charge in [-0.05, 0) is 42.5 Å². The van der Waals surface area contributed by atoms with E-state index in [-0.39, 0.29) is 19.2 Å². The van der Waals surface area contributed by atoms with Crippen LogP contribution in [0.3, 0.4) is 0 Å². The minimum atomic E-state index is 0.0216. The van der Waals surface area contributed by atoms with Gasteiger partial charge in [0.25, 0.3) is 0 Å². The van der Waals surface area contributed by atoms with E-state index in [0.29, 0.717) is 0 Å². The Kier molecular flexibility index (Phi) is 7.63. The summed E-state index contributed by atoms with van der Waals surface area (Å²) in [7, 11) is 1.64. The number of imidazole rings is 1. The van der Waals surface area contributed by atoms with Crippen molar-refractivity contribution in [1.82, 2.24) is 9.55 Å². The molecule has 1 heterocycles. The molecule has 0 saturated carbocycles. The maximum absolute atomic E-state index is 13.6. The van der Waals surface area contributed by atoms with Crippen LogP contribution in [-0.2, 0) is 35.3 Å². The molecule has 0 spiro atoms.